The summed E-state index contributed by atoms with van der Waals surface area (Å²) in [5.41, 5.74) is 2.87. The van der Waals surface area contributed by atoms with Gasteiger partial charge in [0.1, 0.15) is 0 Å². The second kappa shape index (κ2) is 9.08. The monoisotopic (exact) mass is 496 g/mol. The fourth-order valence-electron chi connectivity index (χ4n) is 4.03. The van der Waals surface area contributed by atoms with E-state index in [0.29, 0.717) is 23.9 Å². The third-order valence-corrected chi connectivity index (χ3v) is 7.59. The molecular weight excluding hydrogens is 469 g/mol. The van der Waals surface area contributed by atoms with E-state index in [1.54, 1.807) is 0 Å². The predicted octanol–water partition coefficient (Wildman–Crippen LogP) is 6.98. The summed E-state index contributed by atoms with van der Waals surface area (Å²) >= 11 is 6.26. The van der Waals surface area contributed by atoms with Crippen molar-refractivity contribution in [2.24, 2.45) is 5.41 Å². The lowest BCUT2D eigenvalue weighted by Gasteiger charge is -2.17. The summed E-state index contributed by atoms with van der Waals surface area (Å²) in [6.07, 6.45) is 0.604. The zero-order chi connectivity index (χ0) is 24.0. The van der Waals surface area contributed by atoms with E-state index in [9.17, 15) is 17.4 Å². The van der Waals surface area contributed by atoms with E-state index in [1.165, 1.54) is 11.6 Å². The Morgan fingerprint density at radius 2 is 1.85 bits per heavy atom. The van der Waals surface area contributed by atoms with Crippen LogP contribution >= 0.6 is 11.6 Å². The molecule has 0 bridgehead atoms. The molecule has 1 N–H and O–H groups in total. The number of hydrogen-bond acceptors (Lipinski definition) is 1. The van der Waals surface area contributed by atoms with Crippen molar-refractivity contribution >= 4 is 33.5 Å². The third kappa shape index (κ3) is 5.81. The van der Waals surface area contributed by atoms with Crippen LogP contribution in [0.3, 0.4) is 0 Å². The van der Waals surface area contributed by atoms with Gasteiger partial charge in [-0.2, -0.15) is 13.2 Å². The molecule has 3 nitrogen and oxygen atoms in total. The number of aromatic nitrogens is 1. The maximum Gasteiger partial charge on any atom is 0.416 e. The van der Waals surface area contributed by atoms with E-state index in [4.69, 9.17) is 11.6 Å². The van der Waals surface area contributed by atoms with E-state index in [1.807, 2.05) is 18.2 Å². The lowest BCUT2D eigenvalue weighted by Crippen LogP contribution is -2.24. The summed E-state index contributed by atoms with van der Waals surface area (Å²) in [5, 5.41) is 1.42. The van der Waals surface area contributed by atoms with Crippen molar-refractivity contribution < 1.29 is 17.4 Å². The number of fused-ring (bicyclic) bond motifs is 1. The number of halogens is 4. The molecule has 1 atom stereocenters. The minimum absolute atomic E-state index is 0.0623. The zero-order valence-electron chi connectivity index (χ0n) is 18.9. The van der Waals surface area contributed by atoms with Crippen molar-refractivity contribution in [1.29, 1.82) is 0 Å². The maximum absolute atomic E-state index is 13.0. The van der Waals surface area contributed by atoms with Crippen LogP contribution in [-0.4, -0.2) is 20.6 Å². The molecule has 0 aliphatic heterocycles. The van der Waals surface area contributed by atoms with Crippen LogP contribution in [0, 0.1) is 5.41 Å². The number of alkyl halides is 3. The van der Waals surface area contributed by atoms with E-state index in [2.05, 4.69) is 36.3 Å². The largest absolute Gasteiger partial charge is 0.416 e. The first kappa shape index (κ1) is 24.3. The number of rotatable bonds is 7. The second-order valence-corrected chi connectivity index (χ2v) is 11.9. The molecular formula is C25H28ClF3N2OS. The Labute approximate surface area is 199 Å². The van der Waals surface area contributed by atoms with Gasteiger partial charge in [-0.1, -0.05) is 44.5 Å². The van der Waals surface area contributed by atoms with Crippen molar-refractivity contribution in [3.8, 4) is 11.1 Å². The molecule has 1 fully saturated rings. The summed E-state index contributed by atoms with van der Waals surface area (Å²) < 4.78 is 56.5. The molecule has 1 saturated carbocycles. The summed E-state index contributed by atoms with van der Waals surface area (Å²) in [5.74, 6) is 0. The lowest BCUT2D eigenvalue weighted by molar-refractivity contribution is -0.137. The summed E-state index contributed by atoms with van der Waals surface area (Å²) in [7, 11) is -0.975. The fourth-order valence-corrected chi connectivity index (χ4v) is 5.41. The van der Waals surface area contributed by atoms with Gasteiger partial charge in [-0.05, 0) is 60.1 Å². The molecule has 1 heterocycles. The smallest absolute Gasteiger partial charge is 0.346 e. The van der Waals surface area contributed by atoms with Crippen LogP contribution in [0.4, 0.5) is 13.2 Å². The van der Waals surface area contributed by atoms with Gasteiger partial charge < -0.3 is 4.57 Å². The first-order chi connectivity index (χ1) is 15.4. The molecule has 2 aromatic carbocycles. The second-order valence-electron chi connectivity index (χ2n) is 9.90. The summed E-state index contributed by atoms with van der Waals surface area (Å²) in [4.78, 5) is 0. The van der Waals surface area contributed by atoms with Crippen LogP contribution < -0.4 is 4.72 Å². The van der Waals surface area contributed by atoms with Gasteiger partial charge in [-0.25, -0.2) is 8.93 Å². The van der Waals surface area contributed by atoms with Crippen LogP contribution in [0.1, 0.15) is 44.7 Å². The Balaban J connectivity index is 1.67. The number of nitrogens with one attached hydrogen (secondary N) is 1. The van der Waals surface area contributed by atoms with E-state index in [0.717, 1.165) is 47.9 Å². The topological polar surface area (TPSA) is 34.0 Å². The highest BCUT2D eigenvalue weighted by molar-refractivity contribution is 7.84. The van der Waals surface area contributed by atoms with E-state index < -0.39 is 22.7 Å². The fraction of sp³-hybridized carbons (Fsp3) is 0.440. The van der Waals surface area contributed by atoms with E-state index in [-0.39, 0.29) is 10.4 Å². The standard InChI is InChI=1S/C25H28ClF3N2OS/c1-24(2,3)14-17-15-31(11-10-30-33(32)19-6-7-19)23-9-4-16(12-21(17)23)20-8-5-18(13-22(20)26)25(27,28)29/h4-5,8-9,12-13,15,19,30H,6-7,10-11,14H2,1-3H3. The summed E-state index contributed by atoms with van der Waals surface area (Å²) in [6.45, 7) is 7.81. The normalized spacial score (nSPS) is 15.8. The van der Waals surface area contributed by atoms with Gasteiger partial charge in [0, 0.05) is 46.0 Å². The Kier molecular flexibility index (Phi) is 6.69. The highest BCUT2D eigenvalue weighted by Gasteiger charge is 2.31. The molecule has 33 heavy (non-hydrogen) atoms. The quantitative estimate of drug-likeness (QED) is 0.376. The van der Waals surface area contributed by atoms with Crippen molar-refractivity contribution in [3.63, 3.8) is 0 Å². The van der Waals surface area contributed by atoms with Gasteiger partial charge in [0.25, 0.3) is 0 Å². The minimum Gasteiger partial charge on any atom is -0.346 e. The van der Waals surface area contributed by atoms with Crippen molar-refractivity contribution in [2.45, 2.75) is 58.0 Å². The van der Waals surface area contributed by atoms with Crippen molar-refractivity contribution in [3.05, 3.63) is 58.7 Å². The van der Waals surface area contributed by atoms with Gasteiger partial charge in [-0.3, -0.25) is 0 Å². The van der Waals surface area contributed by atoms with Crippen molar-refractivity contribution in [1.82, 2.24) is 9.29 Å². The van der Waals surface area contributed by atoms with Gasteiger partial charge in [0.15, 0.2) is 0 Å². The Morgan fingerprint density at radius 1 is 1.12 bits per heavy atom. The average Bonchev–Trinajstić information content (AvgIpc) is 3.51. The molecule has 1 aliphatic carbocycles. The minimum atomic E-state index is -4.43. The highest BCUT2D eigenvalue weighted by Crippen LogP contribution is 2.37. The first-order valence-corrected chi connectivity index (χ1v) is 12.6. The van der Waals surface area contributed by atoms with Gasteiger partial charge in [0.2, 0.25) is 0 Å². The van der Waals surface area contributed by atoms with Crippen LogP contribution in [-0.2, 0) is 30.1 Å². The summed E-state index contributed by atoms with van der Waals surface area (Å²) in [6, 6.07) is 9.37. The van der Waals surface area contributed by atoms with Crippen LogP contribution in [0.25, 0.3) is 22.0 Å². The molecule has 0 radical (unpaired) electrons. The van der Waals surface area contributed by atoms with Crippen LogP contribution in [0.5, 0.6) is 0 Å². The molecule has 0 saturated heterocycles. The van der Waals surface area contributed by atoms with Crippen LogP contribution in [0.15, 0.2) is 42.6 Å². The number of benzene rings is 2. The maximum atomic E-state index is 13.0. The molecule has 8 heteroatoms. The highest BCUT2D eigenvalue weighted by atomic mass is 35.5. The molecule has 178 valence electrons. The first-order valence-electron chi connectivity index (χ1n) is 11.1. The SMILES string of the molecule is CC(C)(C)Cc1cn(CCNS(=O)C2CC2)c2ccc(-c3ccc(C(F)(F)F)cc3Cl)cc12. The third-order valence-electron chi connectivity index (χ3n) is 5.72. The molecule has 0 amide bonds. The van der Waals surface area contributed by atoms with Gasteiger partial charge in [-0.15, -0.1) is 0 Å². The van der Waals surface area contributed by atoms with Crippen LogP contribution in [0.2, 0.25) is 5.02 Å². The molecule has 1 unspecified atom stereocenters. The molecule has 0 spiro atoms. The average molecular weight is 497 g/mol. The molecule has 1 aromatic heterocycles. The molecule has 1 aliphatic rings. The Hall–Kier alpha value is -1.83. The zero-order valence-corrected chi connectivity index (χ0v) is 20.5. The lowest BCUT2D eigenvalue weighted by atomic mass is 9.87. The Morgan fingerprint density at radius 3 is 2.45 bits per heavy atom. The number of hydrogen-bond donors (Lipinski definition) is 1. The van der Waals surface area contributed by atoms with Gasteiger partial charge in [0.05, 0.1) is 16.5 Å². The number of nitrogens with zero attached hydrogens (tertiary/aromatic N) is 1. The Bertz CT molecular complexity index is 1190. The van der Waals surface area contributed by atoms with Gasteiger partial charge >= 0.3 is 6.18 Å². The molecule has 3 aromatic rings. The predicted molar refractivity (Wildman–Crippen MR) is 130 cm³/mol. The molecule has 4 rings (SSSR count). The van der Waals surface area contributed by atoms with Crippen molar-refractivity contribution in [2.75, 3.05) is 6.54 Å². The van der Waals surface area contributed by atoms with E-state index >= 15 is 0 Å².